The van der Waals surface area contributed by atoms with Gasteiger partial charge in [0.2, 0.25) is 11.8 Å². The van der Waals surface area contributed by atoms with Crippen LogP contribution >= 0.6 is 0 Å². The number of rotatable bonds is 6. The number of amides is 2. The first-order chi connectivity index (χ1) is 14.6. The van der Waals surface area contributed by atoms with Crippen molar-refractivity contribution >= 4 is 29.2 Å². The second kappa shape index (κ2) is 9.68. The molecular weight excluding hydrogens is 396 g/mol. The van der Waals surface area contributed by atoms with E-state index in [1.807, 2.05) is 26.8 Å². The summed E-state index contributed by atoms with van der Waals surface area (Å²) in [7, 11) is 0. The zero-order valence-corrected chi connectivity index (χ0v) is 18.7. The van der Waals surface area contributed by atoms with Crippen LogP contribution in [0.25, 0.3) is 0 Å². The van der Waals surface area contributed by atoms with Crippen molar-refractivity contribution in [2.75, 3.05) is 42.9 Å². The number of carbonyl (C=O) groups excluding carboxylic acids is 2. The molecule has 0 bridgehead atoms. The molecule has 8 nitrogen and oxygen atoms in total. The number of hydrogen-bond acceptors (Lipinski definition) is 5. The van der Waals surface area contributed by atoms with E-state index in [-0.39, 0.29) is 28.8 Å². The van der Waals surface area contributed by atoms with Gasteiger partial charge in [0.25, 0.3) is 0 Å². The zero-order valence-electron chi connectivity index (χ0n) is 18.7. The van der Waals surface area contributed by atoms with E-state index < -0.39 is 5.97 Å². The van der Waals surface area contributed by atoms with E-state index in [1.165, 1.54) is 0 Å². The number of hydrogen-bond donors (Lipinski definition) is 3. The topological polar surface area (TPSA) is 102 Å². The number of anilines is 2. The Bertz CT molecular complexity index is 819. The minimum atomic E-state index is -1.05. The van der Waals surface area contributed by atoms with E-state index in [0.717, 1.165) is 44.5 Å². The van der Waals surface area contributed by atoms with E-state index >= 15 is 0 Å². The third-order valence-electron chi connectivity index (χ3n) is 5.84. The van der Waals surface area contributed by atoms with Crippen LogP contribution in [0.2, 0.25) is 0 Å². The highest BCUT2D eigenvalue weighted by Crippen LogP contribution is 2.28. The van der Waals surface area contributed by atoms with E-state index in [9.17, 15) is 19.5 Å². The van der Waals surface area contributed by atoms with Crippen molar-refractivity contribution < 1.29 is 19.5 Å². The molecule has 170 valence electrons. The average molecular weight is 431 g/mol. The summed E-state index contributed by atoms with van der Waals surface area (Å²) >= 11 is 0. The van der Waals surface area contributed by atoms with Gasteiger partial charge in [-0.2, -0.15) is 0 Å². The van der Waals surface area contributed by atoms with Crippen molar-refractivity contribution in [1.82, 2.24) is 10.2 Å². The van der Waals surface area contributed by atoms with E-state index in [1.54, 1.807) is 12.1 Å². The highest BCUT2D eigenvalue weighted by Gasteiger charge is 2.25. The van der Waals surface area contributed by atoms with Crippen molar-refractivity contribution in [3.8, 4) is 0 Å². The van der Waals surface area contributed by atoms with Crippen LogP contribution in [-0.2, 0) is 9.59 Å². The summed E-state index contributed by atoms with van der Waals surface area (Å²) in [6.07, 6.45) is 3.83. The summed E-state index contributed by atoms with van der Waals surface area (Å²) in [5.41, 5.74) is 1.03. The molecule has 1 saturated heterocycles. The first-order valence-corrected chi connectivity index (χ1v) is 11.1. The van der Waals surface area contributed by atoms with Gasteiger partial charge in [-0.05, 0) is 51.8 Å². The molecule has 0 spiro atoms. The number of piperazine rings is 1. The molecule has 1 aromatic carbocycles. The number of nitrogens with one attached hydrogen (secondary N) is 2. The van der Waals surface area contributed by atoms with E-state index in [4.69, 9.17) is 0 Å². The van der Waals surface area contributed by atoms with Gasteiger partial charge in [0.05, 0.1) is 17.8 Å². The molecule has 0 radical (unpaired) electrons. The molecule has 1 aliphatic carbocycles. The van der Waals surface area contributed by atoms with Gasteiger partial charge in [-0.1, -0.05) is 12.8 Å². The predicted molar refractivity (Wildman–Crippen MR) is 121 cm³/mol. The van der Waals surface area contributed by atoms with Crippen LogP contribution in [0, 0.1) is 5.92 Å². The second-order valence-corrected chi connectivity index (χ2v) is 9.57. The number of benzene rings is 1. The van der Waals surface area contributed by atoms with Crippen LogP contribution in [0.1, 0.15) is 56.8 Å². The maximum atomic E-state index is 12.4. The smallest absolute Gasteiger partial charge is 0.337 e. The van der Waals surface area contributed by atoms with E-state index in [2.05, 4.69) is 20.4 Å². The molecule has 3 N–H and O–H groups in total. The highest BCUT2D eigenvalue weighted by atomic mass is 16.4. The normalized spacial score (nSPS) is 18.1. The quantitative estimate of drug-likeness (QED) is 0.641. The molecule has 0 unspecified atom stereocenters. The molecule has 2 fully saturated rings. The molecule has 1 aromatic rings. The highest BCUT2D eigenvalue weighted by molar-refractivity contribution is 6.02. The second-order valence-electron chi connectivity index (χ2n) is 9.57. The van der Waals surface area contributed by atoms with E-state index in [0.29, 0.717) is 25.3 Å². The fourth-order valence-electron chi connectivity index (χ4n) is 4.26. The Kier molecular flexibility index (Phi) is 7.20. The summed E-state index contributed by atoms with van der Waals surface area (Å²) in [6, 6.07) is 5.18. The Hall–Kier alpha value is -2.61. The molecule has 2 amide bonds. The molecule has 0 atom stereocenters. The van der Waals surface area contributed by atoms with Gasteiger partial charge in [-0.3, -0.25) is 14.5 Å². The minimum Gasteiger partial charge on any atom is -0.478 e. The molecule has 2 aliphatic rings. The summed E-state index contributed by atoms with van der Waals surface area (Å²) in [6.45, 7) is 9.09. The lowest BCUT2D eigenvalue weighted by Gasteiger charge is -2.36. The Morgan fingerprint density at radius 2 is 1.71 bits per heavy atom. The van der Waals surface area contributed by atoms with Gasteiger partial charge >= 0.3 is 5.97 Å². The number of aromatic carboxylic acids is 1. The fourth-order valence-corrected chi connectivity index (χ4v) is 4.26. The first-order valence-electron chi connectivity index (χ1n) is 11.1. The first kappa shape index (κ1) is 23.1. The third-order valence-corrected chi connectivity index (χ3v) is 5.84. The Labute approximate surface area is 184 Å². The minimum absolute atomic E-state index is 0.0106. The third kappa shape index (κ3) is 6.43. The van der Waals surface area contributed by atoms with Gasteiger partial charge in [0.15, 0.2) is 0 Å². The number of carboxylic acids is 1. The SMILES string of the molecule is CC(C)(C)NC(=O)CN1CCN(c2ccc(NC(=O)C3CCCC3)c(C(=O)O)c2)CC1. The molecular formula is C23H34N4O4. The Morgan fingerprint density at radius 1 is 1.06 bits per heavy atom. The van der Waals surface area contributed by atoms with Crippen molar-refractivity contribution in [1.29, 1.82) is 0 Å². The predicted octanol–water partition coefficient (Wildman–Crippen LogP) is 2.55. The largest absolute Gasteiger partial charge is 0.478 e. The zero-order chi connectivity index (χ0) is 22.6. The van der Waals surface area contributed by atoms with Gasteiger partial charge < -0.3 is 20.6 Å². The average Bonchev–Trinajstić information content (AvgIpc) is 3.22. The van der Waals surface area contributed by atoms with Gasteiger partial charge in [0.1, 0.15) is 0 Å². The van der Waals surface area contributed by atoms with Crippen molar-refractivity contribution in [2.45, 2.75) is 52.0 Å². The maximum absolute atomic E-state index is 12.4. The van der Waals surface area contributed by atoms with Crippen molar-refractivity contribution in [2.24, 2.45) is 5.92 Å². The molecule has 8 heteroatoms. The number of carboxylic acid groups (broad SMARTS) is 1. The molecule has 31 heavy (non-hydrogen) atoms. The van der Waals surface area contributed by atoms with Gasteiger partial charge in [-0.25, -0.2) is 4.79 Å². The lowest BCUT2D eigenvalue weighted by atomic mass is 10.1. The molecule has 1 aliphatic heterocycles. The van der Waals surface area contributed by atoms with Gasteiger partial charge in [0, 0.05) is 43.3 Å². The Morgan fingerprint density at radius 3 is 2.29 bits per heavy atom. The monoisotopic (exact) mass is 430 g/mol. The van der Waals surface area contributed by atoms with Crippen LogP contribution in [0.15, 0.2) is 18.2 Å². The summed E-state index contributed by atoms with van der Waals surface area (Å²) in [5, 5.41) is 15.5. The van der Waals surface area contributed by atoms with Crippen molar-refractivity contribution in [3.05, 3.63) is 23.8 Å². The fraction of sp³-hybridized carbons (Fsp3) is 0.609. The van der Waals surface area contributed by atoms with Crippen LogP contribution in [-0.4, -0.2) is 66.1 Å². The number of nitrogens with zero attached hydrogens (tertiary/aromatic N) is 2. The van der Waals surface area contributed by atoms with Crippen molar-refractivity contribution in [3.63, 3.8) is 0 Å². The molecule has 1 heterocycles. The summed E-state index contributed by atoms with van der Waals surface area (Å²) < 4.78 is 0. The van der Waals surface area contributed by atoms with Crippen LogP contribution in [0.4, 0.5) is 11.4 Å². The number of carbonyl (C=O) groups is 3. The lowest BCUT2D eigenvalue weighted by Crippen LogP contribution is -2.51. The standard InChI is InChI=1S/C23H34N4O4/c1-23(2,3)25-20(28)15-26-10-12-27(13-11-26)17-8-9-19(18(14-17)22(30)31)24-21(29)16-6-4-5-7-16/h8-9,14,16H,4-7,10-13,15H2,1-3H3,(H,24,29)(H,25,28)(H,30,31). The van der Waals surface area contributed by atoms with Crippen LogP contribution in [0.5, 0.6) is 0 Å². The molecule has 0 aromatic heterocycles. The van der Waals surface area contributed by atoms with Crippen LogP contribution in [0.3, 0.4) is 0 Å². The molecule has 1 saturated carbocycles. The molecule has 3 rings (SSSR count). The van der Waals surface area contributed by atoms with Gasteiger partial charge in [-0.15, -0.1) is 0 Å². The van der Waals surface area contributed by atoms with Crippen LogP contribution < -0.4 is 15.5 Å². The Balaban J connectivity index is 1.60. The lowest BCUT2D eigenvalue weighted by molar-refractivity contribution is -0.123. The summed E-state index contributed by atoms with van der Waals surface area (Å²) in [5.74, 6) is -1.16. The maximum Gasteiger partial charge on any atom is 0.337 e. The summed E-state index contributed by atoms with van der Waals surface area (Å²) in [4.78, 5) is 40.6.